The SMILES string of the molecule is O=CNc1c(Cl)cc(SC(F)(F)F)c(Cl)c1Cl. The lowest BCUT2D eigenvalue weighted by Gasteiger charge is -2.12. The van der Waals surface area contributed by atoms with Crippen molar-refractivity contribution in [2.24, 2.45) is 0 Å². The average molecular weight is 325 g/mol. The summed E-state index contributed by atoms with van der Waals surface area (Å²) < 4.78 is 36.5. The summed E-state index contributed by atoms with van der Waals surface area (Å²) in [4.78, 5) is 9.92. The summed E-state index contributed by atoms with van der Waals surface area (Å²) in [6, 6.07) is 0.986. The Morgan fingerprint density at radius 3 is 2.29 bits per heavy atom. The number of thioether (sulfide) groups is 1. The van der Waals surface area contributed by atoms with Crippen LogP contribution in [-0.2, 0) is 4.79 Å². The van der Waals surface area contributed by atoms with E-state index in [0.717, 1.165) is 6.07 Å². The van der Waals surface area contributed by atoms with Crippen molar-refractivity contribution < 1.29 is 18.0 Å². The molecule has 0 heterocycles. The average Bonchev–Trinajstić information content (AvgIpc) is 2.19. The predicted octanol–water partition coefficient (Wildman–Crippen LogP) is 4.83. The molecule has 1 aromatic rings. The van der Waals surface area contributed by atoms with E-state index < -0.39 is 17.3 Å². The van der Waals surface area contributed by atoms with Gasteiger partial charge in [0, 0.05) is 4.90 Å². The second kappa shape index (κ2) is 5.56. The first-order chi connectivity index (χ1) is 7.76. The molecule has 2 nitrogen and oxygen atoms in total. The van der Waals surface area contributed by atoms with Gasteiger partial charge in [-0.25, -0.2) is 0 Å². The van der Waals surface area contributed by atoms with Crippen molar-refractivity contribution in [3.63, 3.8) is 0 Å². The molecule has 0 saturated heterocycles. The molecule has 1 aromatic carbocycles. The largest absolute Gasteiger partial charge is 0.446 e. The molecule has 0 radical (unpaired) electrons. The number of rotatable bonds is 3. The third kappa shape index (κ3) is 3.84. The molecule has 0 fully saturated rings. The van der Waals surface area contributed by atoms with Crippen LogP contribution in [0.1, 0.15) is 0 Å². The second-order valence-corrected chi connectivity index (χ2v) is 4.94. The van der Waals surface area contributed by atoms with Gasteiger partial charge in [-0.3, -0.25) is 4.79 Å². The van der Waals surface area contributed by atoms with Crippen molar-refractivity contribution in [1.29, 1.82) is 0 Å². The van der Waals surface area contributed by atoms with Gasteiger partial charge in [0.2, 0.25) is 6.41 Å². The number of carbonyl (C=O) groups is 1. The van der Waals surface area contributed by atoms with Crippen molar-refractivity contribution in [1.82, 2.24) is 0 Å². The van der Waals surface area contributed by atoms with Crippen molar-refractivity contribution in [3.8, 4) is 0 Å². The zero-order valence-electron chi connectivity index (χ0n) is 7.74. The van der Waals surface area contributed by atoms with Gasteiger partial charge < -0.3 is 5.32 Å². The van der Waals surface area contributed by atoms with Crippen LogP contribution in [0.5, 0.6) is 0 Å². The number of carbonyl (C=O) groups excluding carboxylic acids is 1. The van der Waals surface area contributed by atoms with Gasteiger partial charge >= 0.3 is 5.51 Å². The summed E-state index contributed by atoms with van der Waals surface area (Å²) in [7, 11) is 0. The summed E-state index contributed by atoms with van der Waals surface area (Å²) in [6.07, 6.45) is 0.292. The zero-order valence-corrected chi connectivity index (χ0v) is 10.8. The van der Waals surface area contributed by atoms with Crippen molar-refractivity contribution in [2.75, 3.05) is 5.32 Å². The molecule has 0 saturated carbocycles. The lowest BCUT2D eigenvalue weighted by Crippen LogP contribution is -2.01. The lowest BCUT2D eigenvalue weighted by molar-refractivity contribution is -0.105. The number of benzene rings is 1. The first kappa shape index (κ1) is 14.8. The Bertz CT molecular complexity index is 453. The lowest BCUT2D eigenvalue weighted by atomic mass is 10.3. The predicted molar refractivity (Wildman–Crippen MR) is 63.1 cm³/mol. The van der Waals surface area contributed by atoms with Gasteiger partial charge in [0.25, 0.3) is 0 Å². The molecule has 0 aliphatic rings. The second-order valence-electron chi connectivity index (χ2n) is 2.67. The van der Waals surface area contributed by atoms with Gasteiger partial charge in [-0.2, -0.15) is 13.2 Å². The number of anilines is 1. The molecule has 0 atom stereocenters. The van der Waals surface area contributed by atoms with Crippen molar-refractivity contribution in [2.45, 2.75) is 10.4 Å². The topological polar surface area (TPSA) is 29.1 Å². The van der Waals surface area contributed by atoms with Crippen LogP contribution in [0.3, 0.4) is 0 Å². The number of hydrogen-bond donors (Lipinski definition) is 1. The smallest absolute Gasteiger partial charge is 0.326 e. The number of amides is 1. The number of alkyl halides is 3. The maximum atomic E-state index is 12.2. The molecule has 0 aromatic heterocycles. The fourth-order valence-corrected chi connectivity index (χ4v) is 2.53. The summed E-state index contributed by atoms with van der Waals surface area (Å²) >= 11 is 16.6. The molecule has 1 N–H and O–H groups in total. The van der Waals surface area contributed by atoms with Crippen LogP contribution < -0.4 is 5.32 Å². The summed E-state index contributed by atoms with van der Waals surface area (Å²) in [5, 5.41) is 1.47. The molecule has 1 amide bonds. The highest BCUT2D eigenvalue weighted by atomic mass is 35.5. The third-order valence-corrected chi connectivity index (χ3v) is 3.60. The van der Waals surface area contributed by atoms with Crippen LogP contribution in [0.25, 0.3) is 0 Å². The molecule has 0 bridgehead atoms. The van der Waals surface area contributed by atoms with Gasteiger partial charge in [0.05, 0.1) is 20.8 Å². The quantitative estimate of drug-likeness (QED) is 0.490. The van der Waals surface area contributed by atoms with E-state index in [1.807, 2.05) is 0 Å². The standard InChI is InChI=1S/C8H3Cl3F3NOS/c9-3-1-4(17-8(12,13)14)5(10)6(11)7(3)15-2-16/h1-2H,(H,15,16). The third-order valence-electron chi connectivity index (χ3n) is 1.55. The number of hydrogen-bond acceptors (Lipinski definition) is 2. The fraction of sp³-hybridized carbons (Fsp3) is 0.125. The minimum absolute atomic E-state index is 0.0279. The molecular weight excluding hydrogens is 322 g/mol. The van der Waals surface area contributed by atoms with Crippen LogP contribution in [0.15, 0.2) is 11.0 Å². The van der Waals surface area contributed by atoms with E-state index >= 15 is 0 Å². The molecule has 17 heavy (non-hydrogen) atoms. The van der Waals surface area contributed by atoms with Crippen LogP contribution in [0.2, 0.25) is 15.1 Å². The maximum Gasteiger partial charge on any atom is 0.446 e. The zero-order chi connectivity index (χ0) is 13.2. The molecule has 0 aliphatic carbocycles. The van der Waals surface area contributed by atoms with Crippen LogP contribution in [0.4, 0.5) is 18.9 Å². The Labute approximate surface area is 113 Å². The van der Waals surface area contributed by atoms with Crippen LogP contribution >= 0.6 is 46.6 Å². The highest BCUT2D eigenvalue weighted by molar-refractivity contribution is 8.00. The monoisotopic (exact) mass is 323 g/mol. The minimum atomic E-state index is -4.50. The van der Waals surface area contributed by atoms with Crippen molar-refractivity contribution in [3.05, 3.63) is 21.1 Å². The molecular formula is C8H3Cl3F3NOS. The number of halogens is 6. The van der Waals surface area contributed by atoms with E-state index in [2.05, 4.69) is 5.32 Å². The molecule has 0 aliphatic heterocycles. The van der Waals surface area contributed by atoms with Gasteiger partial charge in [-0.1, -0.05) is 34.8 Å². The van der Waals surface area contributed by atoms with Crippen LogP contribution in [0, 0.1) is 0 Å². The molecule has 94 valence electrons. The fourth-order valence-electron chi connectivity index (χ4n) is 0.964. The molecule has 0 unspecified atom stereocenters. The Hall–Kier alpha value is -0.300. The highest BCUT2D eigenvalue weighted by Gasteiger charge is 2.31. The maximum absolute atomic E-state index is 12.2. The molecule has 9 heteroatoms. The van der Waals surface area contributed by atoms with E-state index in [-0.39, 0.29) is 25.7 Å². The van der Waals surface area contributed by atoms with E-state index in [4.69, 9.17) is 34.8 Å². The Morgan fingerprint density at radius 1 is 1.24 bits per heavy atom. The molecule has 0 spiro atoms. The van der Waals surface area contributed by atoms with E-state index in [1.54, 1.807) is 0 Å². The normalized spacial score (nSPS) is 11.4. The van der Waals surface area contributed by atoms with E-state index in [0.29, 0.717) is 6.41 Å². The minimum Gasteiger partial charge on any atom is -0.326 e. The van der Waals surface area contributed by atoms with Gasteiger partial charge in [0.1, 0.15) is 0 Å². The van der Waals surface area contributed by atoms with E-state index in [9.17, 15) is 18.0 Å². The summed E-state index contributed by atoms with van der Waals surface area (Å²) in [5.41, 5.74) is -4.53. The van der Waals surface area contributed by atoms with E-state index in [1.165, 1.54) is 0 Å². The first-order valence-corrected chi connectivity index (χ1v) is 5.84. The van der Waals surface area contributed by atoms with Gasteiger partial charge in [0.15, 0.2) is 0 Å². The Morgan fingerprint density at radius 2 is 1.82 bits per heavy atom. The summed E-state index contributed by atoms with van der Waals surface area (Å²) in [6.45, 7) is 0. The van der Waals surface area contributed by atoms with Crippen molar-refractivity contribution >= 4 is 58.7 Å². The van der Waals surface area contributed by atoms with Crippen LogP contribution in [-0.4, -0.2) is 11.9 Å². The molecule has 1 rings (SSSR count). The highest BCUT2D eigenvalue weighted by Crippen LogP contribution is 2.47. The van der Waals surface area contributed by atoms with Gasteiger partial charge in [-0.05, 0) is 17.8 Å². The van der Waals surface area contributed by atoms with Gasteiger partial charge in [-0.15, -0.1) is 0 Å². The summed E-state index contributed by atoms with van der Waals surface area (Å²) in [5.74, 6) is 0. The first-order valence-electron chi connectivity index (χ1n) is 3.89. The Balaban J connectivity index is 3.24. The Kier molecular flexibility index (Phi) is 4.83. The number of nitrogens with one attached hydrogen (secondary N) is 1.